The number of hydrogen-bond acceptors (Lipinski definition) is 2. The largest absolute Gasteiger partial charge is 0.322 e. The number of fused-ring (bicyclic) bond motifs is 1. The summed E-state index contributed by atoms with van der Waals surface area (Å²) in [5.41, 5.74) is 2.65. The molecule has 0 aliphatic carbocycles. The first-order chi connectivity index (χ1) is 9.76. The van der Waals surface area contributed by atoms with Crippen LogP contribution in [0.3, 0.4) is 0 Å². The van der Waals surface area contributed by atoms with Gasteiger partial charge in [0.1, 0.15) is 0 Å². The van der Waals surface area contributed by atoms with E-state index < -0.39 is 0 Å². The van der Waals surface area contributed by atoms with E-state index in [0.717, 1.165) is 22.0 Å². The lowest BCUT2D eigenvalue weighted by Gasteiger charge is -2.06. The number of benzene rings is 2. The molecule has 3 rings (SSSR count). The lowest BCUT2D eigenvalue weighted by atomic mass is 10.1. The molecule has 0 radical (unpaired) electrons. The number of rotatable bonds is 3. The fourth-order valence-electron chi connectivity index (χ4n) is 1.99. The van der Waals surface area contributed by atoms with Crippen LogP contribution in [0.1, 0.15) is 15.9 Å². The van der Waals surface area contributed by atoms with E-state index in [0.29, 0.717) is 5.56 Å². The highest BCUT2D eigenvalue weighted by Crippen LogP contribution is 2.24. The first-order valence-electron chi connectivity index (χ1n) is 6.20. The highest BCUT2D eigenvalue weighted by atomic mass is 79.9. The minimum atomic E-state index is -0.0827. The maximum atomic E-state index is 12.2. The van der Waals surface area contributed by atoms with Crippen LogP contribution in [0.15, 0.2) is 53.9 Å². The fraction of sp³-hybridized carbons (Fsp3) is 0.0625. The first kappa shape index (κ1) is 13.3. The van der Waals surface area contributed by atoms with Gasteiger partial charge in [-0.05, 0) is 52.7 Å². The Morgan fingerprint density at radius 1 is 1.10 bits per heavy atom. The van der Waals surface area contributed by atoms with Gasteiger partial charge in [-0.1, -0.05) is 28.1 Å². The number of thiophene rings is 1. The predicted octanol–water partition coefficient (Wildman–Crippen LogP) is 5.05. The summed E-state index contributed by atoms with van der Waals surface area (Å²) in [5, 5.41) is 6.93. The average molecular weight is 346 g/mol. The summed E-state index contributed by atoms with van der Waals surface area (Å²) in [5.74, 6) is -0.0827. The Labute approximate surface area is 129 Å². The van der Waals surface area contributed by atoms with Crippen molar-refractivity contribution in [1.82, 2.24) is 0 Å². The van der Waals surface area contributed by atoms with Crippen molar-refractivity contribution in [2.75, 3.05) is 5.32 Å². The molecular formula is C16H12BrNOS. The van der Waals surface area contributed by atoms with Crippen molar-refractivity contribution in [1.29, 1.82) is 0 Å². The number of alkyl halides is 1. The van der Waals surface area contributed by atoms with Gasteiger partial charge in [0.25, 0.3) is 5.91 Å². The molecule has 0 aliphatic rings. The van der Waals surface area contributed by atoms with Gasteiger partial charge in [0.2, 0.25) is 0 Å². The van der Waals surface area contributed by atoms with E-state index in [1.807, 2.05) is 42.5 Å². The van der Waals surface area contributed by atoms with Crippen LogP contribution >= 0.6 is 27.3 Å². The van der Waals surface area contributed by atoms with Crippen molar-refractivity contribution >= 4 is 48.9 Å². The number of anilines is 1. The zero-order valence-electron chi connectivity index (χ0n) is 10.6. The van der Waals surface area contributed by atoms with E-state index in [2.05, 4.69) is 32.7 Å². The van der Waals surface area contributed by atoms with Crippen molar-refractivity contribution in [2.45, 2.75) is 5.33 Å². The molecule has 0 bridgehead atoms. The summed E-state index contributed by atoms with van der Waals surface area (Å²) in [6, 6.07) is 15.6. The summed E-state index contributed by atoms with van der Waals surface area (Å²) in [6.07, 6.45) is 0. The summed E-state index contributed by atoms with van der Waals surface area (Å²) in [6.45, 7) is 0. The van der Waals surface area contributed by atoms with Crippen LogP contribution < -0.4 is 5.32 Å². The molecule has 100 valence electrons. The SMILES string of the molecule is O=C(Nc1ccc2sccc2c1)c1ccc(CBr)cc1. The van der Waals surface area contributed by atoms with Crippen LogP contribution in [0.4, 0.5) is 5.69 Å². The monoisotopic (exact) mass is 345 g/mol. The van der Waals surface area contributed by atoms with Gasteiger partial charge in [-0.15, -0.1) is 11.3 Å². The second-order valence-corrected chi connectivity index (χ2v) is 5.97. The molecule has 0 spiro atoms. The zero-order valence-corrected chi connectivity index (χ0v) is 13.0. The van der Waals surface area contributed by atoms with Crippen LogP contribution in [0.2, 0.25) is 0 Å². The quantitative estimate of drug-likeness (QED) is 0.661. The molecule has 0 aliphatic heterocycles. The summed E-state index contributed by atoms with van der Waals surface area (Å²) in [4.78, 5) is 12.2. The standard InChI is InChI=1S/C16H12BrNOS/c17-10-11-1-3-12(4-2-11)16(19)18-14-5-6-15-13(9-14)7-8-20-15/h1-9H,10H2,(H,18,19). The molecule has 0 atom stereocenters. The Hall–Kier alpha value is -1.65. The van der Waals surface area contributed by atoms with Crippen LogP contribution in [0.25, 0.3) is 10.1 Å². The van der Waals surface area contributed by atoms with Crippen LogP contribution in [0.5, 0.6) is 0 Å². The van der Waals surface area contributed by atoms with Gasteiger partial charge in [-0.25, -0.2) is 0 Å². The van der Waals surface area contributed by atoms with Gasteiger partial charge in [0, 0.05) is 21.3 Å². The molecule has 0 saturated heterocycles. The summed E-state index contributed by atoms with van der Waals surface area (Å²) < 4.78 is 1.23. The Bertz CT molecular complexity index is 749. The van der Waals surface area contributed by atoms with Gasteiger partial charge in [-0.2, -0.15) is 0 Å². The van der Waals surface area contributed by atoms with E-state index >= 15 is 0 Å². The van der Waals surface area contributed by atoms with Gasteiger partial charge >= 0.3 is 0 Å². The number of nitrogens with one attached hydrogen (secondary N) is 1. The lowest BCUT2D eigenvalue weighted by molar-refractivity contribution is 0.102. The molecule has 1 amide bonds. The average Bonchev–Trinajstić information content (AvgIpc) is 2.95. The predicted molar refractivity (Wildman–Crippen MR) is 88.9 cm³/mol. The number of hydrogen-bond donors (Lipinski definition) is 1. The van der Waals surface area contributed by atoms with Gasteiger partial charge in [0.05, 0.1) is 0 Å². The van der Waals surface area contributed by atoms with Gasteiger partial charge < -0.3 is 5.32 Å². The second kappa shape index (κ2) is 5.77. The lowest BCUT2D eigenvalue weighted by Crippen LogP contribution is -2.11. The van der Waals surface area contributed by atoms with E-state index in [-0.39, 0.29) is 5.91 Å². The fourth-order valence-corrected chi connectivity index (χ4v) is 3.14. The minimum Gasteiger partial charge on any atom is -0.322 e. The molecule has 0 unspecified atom stereocenters. The number of amides is 1. The molecule has 4 heteroatoms. The van der Waals surface area contributed by atoms with Gasteiger partial charge in [-0.3, -0.25) is 4.79 Å². The van der Waals surface area contributed by atoms with Crippen molar-refractivity contribution in [3.05, 3.63) is 65.0 Å². The van der Waals surface area contributed by atoms with Crippen LogP contribution in [-0.4, -0.2) is 5.91 Å². The van der Waals surface area contributed by atoms with E-state index in [4.69, 9.17) is 0 Å². The van der Waals surface area contributed by atoms with Crippen molar-refractivity contribution in [2.24, 2.45) is 0 Å². The molecule has 1 aromatic heterocycles. The highest BCUT2D eigenvalue weighted by Gasteiger charge is 2.06. The van der Waals surface area contributed by atoms with Crippen molar-refractivity contribution < 1.29 is 4.79 Å². The molecule has 0 saturated carbocycles. The molecule has 1 N–H and O–H groups in total. The number of carbonyl (C=O) groups is 1. The summed E-state index contributed by atoms with van der Waals surface area (Å²) >= 11 is 5.09. The van der Waals surface area contributed by atoms with E-state index in [1.54, 1.807) is 11.3 Å². The van der Waals surface area contributed by atoms with Crippen molar-refractivity contribution in [3.8, 4) is 0 Å². The Balaban J connectivity index is 1.80. The normalized spacial score (nSPS) is 10.7. The molecule has 1 heterocycles. The van der Waals surface area contributed by atoms with Gasteiger partial charge in [0.15, 0.2) is 0 Å². The Morgan fingerprint density at radius 2 is 1.90 bits per heavy atom. The van der Waals surface area contributed by atoms with Crippen LogP contribution in [0, 0.1) is 0 Å². The topological polar surface area (TPSA) is 29.1 Å². The first-order valence-corrected chi connectivity index (χ1v) is 8.20. The maximum Gasteiger partial charge on any atom is 0.255 e. The minimum absolute atomic E-state index is 0.0827. The molecule has 2 aromatic carbocycles. The van der Waals surface area contributed by atoms with Crippen LogP contribution in [-0.2, 0) is 5.33 Å². The summed E-state index contributed by atoms with van der Waals surface area (Å²) in [7, 11) is 0. The molecular weight excluding hydrogens is 334 g/mol. The third kappa shape index (κ3) is 2.76. The third-order valence-electron chi connectivity index (χ3n) is 3.08. The number of carbonyl (C=O) groups excluding carboxylic acids is 1. The van der Waals surface area contributed by atoms with Crippen molar-refractivity contribution in [3.63, 3.8) is 0 Å². The maximum absolute atomic E-state index is 12.2. The highest BCUT2D eigenvalue weighted by molar-refractivity contribution is 9.08. The Morgan fingerprint density at radius 3 is 2.65 bits per heavy atom. The Kier molecular flexibility index (Phi) is 3.85. The number of halogens is 1. The molecule has 2 nitrogen and oxygen atoms in total. The smallest absolute Gasteiger partial charge is 0.255 e. The molecule has 3 aromatic rings. The molecule has 0 fully saturated rings. The van der Waals surface area contributed by atoms with E-state index in [1.165, 1.54) is 4.70 Å². The third-order valence-corrected chi connectivity index (χ3v) is 4.63. The molecule has 20 heavy (non-hydrogen) atoms. The zero-order chi connectivity index (χ0) is 13.9. The second-order valence-electron chi connectivity index (χ2n) is 4.46. The van der Waals surface area contributed by atoms with E-state index in [9.17, 15) is 4.79 Å².